The van der Waals surface area contributed by atoms with Crippen LogP contribution in [0.25, 0.3) is 0 Å². The summed E-state index contributed by atoms with van der Waals surface area (Å²) in [4.78, 5) is 11.0. The summed E-state index contributed by atoms with van der Waals surface area (Å²) >= 11 is 3.07. The van der Waals surface area contributed by atoms with Crippen LogP contribution in [0.4, 0.5) is 4.39 Å². The first-order chi connectivity index (χ1) is 8.63. The molecule has 1 aromatic carbocycles. The zero-order valence-electron chi connectivity index (χ0n) is 10.2. The fraction of sp³-hybridized carbons (Fsp3) is 0.462. The predicted molar refractivity (Wildman–Crippen MR) is 70.1 cm³/mol. The van der Waals surface area contributed by atoms with E-state index in [1.807, 2.05) is 0 Å². The van der Waals surface area contributed by atoms with Crippen molar-refractivity contribution in [2.24, 2.45) is 0 Å². The van der Waals surface area contributed by atoms with Crippen molar-refractivity contribution in [1.29, 1.82) is 0 Å². The summed E-state index contributed by atoms with van der Waals surface area (Å²) in [6.45, 7) is 2.65. The molecule has 0 radical (unpaired) electrons. The Morgan fingerprint density at radius 3 is 2.83 bits per heavy atom. The fourth-order valence-corrected chi connectivity index (χ4v) is 1.61. The highest BCUT2D eigenvalue weighted by atomic mass is 79.9. The molecule has 100 valence electrons. The average Bonchev–Trinajstić information content (AvgIpc) is 2.33. The molecule has 0 spiro atoms. The quantitative estimate of drug-likeness (QED) is 0.568. The Morgan fingerprint density at radius 2 is 2.17 bits per heavy atom. The molecule has 0 unspecified atom stereocenters. The smallest absolute Gasteiger partial charge is 0.305 e. The lowest BCUT2D eigenvalue weighted by molar-refractivity contribution is -0.143. The second-order valence-corrected chi connectivity index (χ2v) is 4.54. The lowest BCUT2D eigenvalue weighted by Gasteiger charge is -2.06. The molecular weight excluding hydrogens is 303 g/mol. The van der Waals surface area contributed by atoms with Crippen molar-refractivity contribution < 1.29 is 18.7 Å². The molecule has 0 aliphatic rings. The van der Waals surface area contributed by atoms with E-state index in [0.717, 1.165) is 6.42 Å². The van der Waals surface area contributed by atoms with Gasteiger partial charge < -0.3 is 9.47 Å². The monoisotopic (exact) mass is 318 g/mol. The number of ether oxygens (including phenoxy) is 2. The van der Waals surface area contributed by atoms with Crippen molar-refractivity contribution in [2.45, 2.75) is 26.2 Å². The Hall–Kier alpha value is -1.10. The van der Waals surface area contributed by atoms with Gasteiger partial charge in [-0.3, -0.25) is 4.79 Å². The van der Waals surface area contributed by atoms with E-state index in [4.69, 9.17) is 9.47 Å². The van der Waals surface area contributed by atoms with Gasteiger partial charge in [-0.2, -0.15) is 0 Å². The van der Waals surface area contributed by atoms with Gasteiger partial charge in [0.1, 0.15) is 11.6 Å². The first-order valence-corrected chi connectivity index (χ1v) is 6.66. The maximum Gasteiger partial charge on any atom is 0.305 e. The van der Waals surface area contributed by atoms with Gasteiger partial charge in [-0.15, -0.1) is 0 Å². The maximum absolute atomic E-state index is 13.2. The highest BCUT2D eigenvalue weighted by Gasteiger charge is 2.03. The summed E-state index contributed by atoms with van der Waals surface area (Å²) in [6.07, 6.45) is 1.83. The fourth-order valence-electron chi connectivity index (χ4n) is 1.36. The molecule has 0 heterocycles. The van der Waals surface area contributed by atoms with Gasteiger partial charge in [0.25, 0.3) is 0 Å². The third-order valence-corrected chi connectivity index (χ3v) is 2.88. The number of rotatable bonds is 7. The van der Waals surface area contributed by atoms with Gasteiger partial charge in [0.2, 0.25) is 0 Å². The van der Waals surface area contributed by atoms with Gasteiger partial charge in [0.15, 0.2) is 0 Å². The van der Waals surface area contributed by atoms with E-state index < -0.39 is 0 Å². The van der Waals surface area contributed by atoms with Crippen LogP contribution >= 0.6 is 15.9 Å². The van der Waals surface area contributed by atoms with Crippen LogP contribution in [0.5, 0.6) is 5.75 Å². The van der Waals surface area contributed by atoms with Gasteiger partial charge in [-0.1, -0.05) is 0 Å². The van der Waals surface area contributed by atoms with Crippen molar-refractivity contribution in [2.75, 3.05) is 13.2 Å². The van der Waals surface area contributed by atoms with Gasteiger partial charge in [0.05, 0.1) is 17.7 Å². The topological polar surface area (TPSA) is 35.5 Å². The molecule has 1 aromatic rings. The molecule has 1 rings (SSSR count). The molecule has 0 saturated carbocycles. The summed E-state index contributed by atoms with van der Waals surface area (Å²) in [6, 6.07) is 4.62. The van der Waals surface area contributed by atoms with Gasteiger partial charge >= 0.3 is 5.97 Å². The van der Waals surface area contributed by atoms with Crippen LogP contribution in [0.15, 0.2) is 22.7 Å². The Kier molecular flexibility index (Phi) is 6.72. The summed E-state index contributed by atoms with van der Waals surface area (Å²) in [5.74, 6) is -0.0435. The molecule has 0 saturated heterocycles. The standard InChI is InChI=1S/C13H16BrFO3/c1-2-17-13(16)5-3-4-8-18-10-6-7-11(14)12(15)9-10/h6-7,9H,2-5,8H2,1H3. The number of carbonyl (C=O) groups excluding carboxylic acids is 1. The SMILES string of the molecule is CCOC(=O)CCCCOc1ccc(Br)c(F)c1. The molecule has 0 aliphatic heterocycles. The van der Waals surface area contributed by atoms with Crippen molar-refractivity contribution in [3.05, 3.63) is 28.5 Å². The van der Waals surface area contributed by atoms with Crippen LogP contribution in [0.2, 0.25) is 0 Å². The van der Waals surface area contributed by atoms with E-state index in [-0.39, 0.29) is 11.8 Å². The van der Waals surface area contributed by atoms with Gasteiger partial charge in [-0.25, -0.2) is 4.39 Å². The maximum atomic E-state index is 13.2. The average molecular weight is 319 g/mol. The molecule has 18 heavy (non-hydrogen) atoms. The zero-order valence-corrected chi connectivity index (χ0v) is 11.8. The molecule has 0 fully saturated rings. The first-order valence-electron chi connectivity index (χ1n) is 5.87. The molecule has 0 aromatic heterocycles. The van der Waals surface area contributed by atoms with Crippen molar-refractivity contribution in [3.63, 3.8) is 0 Å². The van der Waals surface area contributed by atoms with Crippen LogP contribution < -0.4 is 4.74 Å². The second kappa shape index (κ2) is 8.08. The zero-order chi connectivity index (χ0) is 13.4. The van der Waals surface area contributed by atoms with Crippen LogP contribution in [0.3, 0.4) is 0 Å². The highest BCUT2D eigenvalue weighted by Crippen LogP contribution is 2.21. The Morgan fingerprint density at radius 1 is 1.39 bits per heavy atom. The van der Waals surface area contributed by atoms with E-state index in [0.29, 0.717) is 36.3 Å². The molecule has 5 heteroatoms. The lowest BCUT2D eigenvalue weighted by atomic mass is 10.2. The molecule has 0 bridgehead atoms. The van der Waals surface area contributed by atoms with E-state index >= 15 is 0 Å². The van der Waals surface area contributed by atoms with Crippen LogP contribution in [-0.4, -0.2) is 19.2 Å². The van der Waals surface area contributed by atoms with E-state index in [1.165, 1.54) is 6.07 Å². The molecule has 0 aliphatic carbocycles. The van der Waals surface area contributed by atoms with E-state index in [2.05, 4.69) is 15.9 Å². The number of halogens is 2. The summed E-state index contributed by atoms with van der Waals surface area (Å²) in [5.41, 5.74) is 0. The molecule has 0 amide bonds. The van der Waals surface area contributed by atoms with Crippen LogP contribution in [-0.2, 0) is 9.53 Å². The molecule has 0 N–H and O–H groups in total. The number of carbonyl (C=O) groups is 1. The summed E-state index contributed by atoms with van der Waals surface area (Å²) in [5, 5.41) is 0. The highest BCUT2D eigenvalue weighted by molar-refractivity contribution is 9.10. The third kappa shape index (κ3) is 5.49. The Balaban J connectivity index is 2.18. The number of unbranched alkanes of at least 4 members (excludes halogenated alkanes) is 1. The minimum atomic E-state index is -0.348. The Labute approximate surface area is 114 Å². The summed E-state index contributed by atoms with van der Waals surface area (Å²) in [7, 11) is 0. The minimum absolute atomic E-state index is 0.188. The normalized spacial score (nSPS) is 10.2. The largest absolute Gasteiger partial charge is 0.493 e. The number of benzene rings is 1. The van der Waals surface area contributed by atoms with Gasteiger partial charge in [-0.05, 0) is 47.8 Å². The van der Waals surface area contributed by atoms with Crippen molar-refractivity contribution in [3.8, 4) is 5.75 Å². The number of hydrogen-bond acceptors (Lipinski definition) is 3. The van der Waals surface area contributed by atoms with Crippen molar-refractivity contribution >= 4 is 21.9 Å². The van der Waals surface area contributed by atoms with E-state index in [1.54, 1.807) is 19.1 Å². The van der Waals surface area contributed by atoms with Crippen LogP contribution in [0, 0.1) is 5.82 Å². The van der Waals surface area contributed by atoms with E-state index in [9.17, 15) is 9.18 Å². The number of hydrogen-bond donors (Lipinski definition) is 0. The molecular formula is C13H16BrFO3. The third-order valence-electron chi connectivity index (χ3n) is 2.24. The second-order valence-electron chi connectivity index (χ2n) is 3.69. The summed E-state index contributed by atoms with van der Waals surface area (Å²) < 4.78 is 23.7. The Bertz CT molecular complexity index is 396. The lowest BCUT2D eigenvalue weighted by Crippen LogP contribution is -2.05. The molecule has 0 atom stereocenters. The number of esters is 1. The van der Waals surface area contributed by atoms with Crippen molar-refractivity contribution in [1.82, 2.24) is 0 Å². The van der Waals surface area contributed by atoms with Gasteiger partial charge in [0, 0.05) is 12.5 Å². The van der Waals surface area contributed by atoms with Crippen LogP contribution in [0.1, 0.15) is 26.2 Å². The predicted octanol–water partition coefficient (Wildman–Crippen LogP) is 3.70. The first kappa shape index (κ1) is 15.0. The minimum Gasteiger partial charge on any atom is -0.493 e. The molecule has 3 nitrogen and oxygen atoms in total.